The number of nitrogens with zero attached hydrogens (tertiary/aromatic N) is 4. The molecule has 1 fully saturated rings. The van der Waals surface area contributed by atoms with Crippen LogP contribution < -0.4 is 10.1 Å². The van der Waals surface area contributed by atoms with E-state index in [1.807, 2.05) is 23.1 Å². The number of likely N-dealkylation sites (tertiary alicyclic amines) is 1. The average Bonchev–Trinajstić information content (AvgIpc) is 3.25. The second-order valence-electron chi connectivity index (χ2n) is 8.21. The molecule has 1 amide bonds. The second kappa shape index (κ2) is 9.34. The predicted octanol–water partition coefficient (Wildman–Crippen LogP) is 4.59. The number of piperidine rings is 1. The molecule has 9 heteroatoms. The number of phenols is 1. The minimum absolute atomic E-state index is 0.0326. The van der Waals surface area contributed by atoms with Crippen molar-refractivity contribution >= 4 is 33.3 Å². The molecule has 0 radical (unpaired) electrons. The number of carbonyl (C=O) groups is 1. The standard InChI is InChI=1S/C25H24BrN5O3/c1-34-18-8-6-16(7-9-18)25(33)30-12-10-17(11-13-30)28-23-14-21(19-4-2-3-5-22(19)32)29-24-20(26)15-27-31(23)24/h2-9,14-15,17,28,32H,10-13H2,1H3. The normalized spacial score (nSPS) is 14.4. The van der Waals surface area contributed by atoms with Crippen molar-refractivity contribution in [2.75, 3.05) is 25.5 Å². The molecule has 0 bridgehead atoms. The van der Waals surface area contributed by atoms with Crippen LogP contribution in [-0.4, -0.2) is 56.8 Å². The molecule has 2 aromatic carbocycles. The topological polar surface area (TPSA) is 92.0 Å². The summed E-state index contributed by atoms with van der Waals surface area (Å²) in [6, 6.07) is 16.4. The first-order valence-corrected chi connectivity index (χ1v) is 11.9. The van der Waals surface area contributed by atoms with E-state index >= 15 is 0 Å². The smallest absolute Gasteiger partial charge is 0.253 e. The van der Waals surface area contributed by atoms with Crippen molar-refractivity contribution in [1.82, 2.24) is 19.5 Å². The number of methoxy groups -OCH3 is 1. The Balaban J connectivity index is 1.33. The number of para-hydroxylation sites is 1. The number of anilines is 1. The Kier molecular flexibility index (Phi) is 6.10. The van der Waals surface area contributed by atoms with Crippen molar-refractivity contribution in [3.8, 4) is 22.8 Å². The maximum atomic E-state index is 12.9. The van der Waals surface area contributed by atoms with Crippen LogP contribution in [-0.2, 0) is 0 Å². The molecule has 1 aliphatic heterocycles. The van der Waals surface area contributed by atoms with Crippen LogP contribution in [0.25, 0.3) is 16.9 Å². The summed E-state index contributed by atoms with van der Waals surface area (Å²) in [7, 11) is 1.61. The van der Waals surface area contributed by atoms with Crippen LogP contribution in [0.4, 0.5) is 5.82 Å². The quantitative estimate of drug-likeness (QED) is 0.399. The number of ether oxygens (including phenoxy) is 1. The van der Waals surface area contributed by atoms with Gasteiger partial charge in [0, 0.05) is 36.3 Å². The summed E-state index contributed by atoms with van der Waals surface area (Å²) in [5, 5.41) is 18.4. The van der Waals surface area contributed by atoms with Gasteiger partial charge >= 0.3 is 0 Å². The van der Waals surface area contributed by atoms with Crippen LogP contribution in [0.2, 0.25) is 0 Å². The van der Waals surface area contributed by atoms with E-state index in [0.29, 0.717) is 35.6 Å². The molecule has 4 aromatic rings. The molecule has 0 aliphatic carbocycles. The van der Waals surface area contributed by atoms with Crippen LogP contribution in [0.15, 0.2) is 65.3 Å². The lowest BCUT2D eigenvalue weighted by molar-refractivity contribution is 0.0718. The van der Waals surface area contributed by atoms with E-state index in [4.69, 9.17) is 9.72 Å². The van der Waals surface area contributed by atoms with Crippen LogP contribution >= 0.6 is 15.9 Å². The number of carbonyl (C=O) groups excluding carboxylic acids is 1. The van der Waals surface area contributed by atoms with Crippen molar-refractivity contribution in [3.05, 3.63) is 70.8 Å². The monoisotopic (exact) mass is 521 g/mol. The fourth-order valence-electron chi connectivity index (χ4n) is 4.22. The third kappa shape index (κ3) is 4.31. The minimum Gasteiger partial charge on any atom is -0.507 e. The molecule has 0 spiro atoms. The van der Waals surface area contributed by atoms with Crippen molar-refractivity contribution < 1.29 is 14.6 Å². The number of hydrogen-bond donors (Lipinski definition) is 2. The highest BCUT2D eigenvalue weighted by Gasteiger charge is 2.25. The number of aromatic nitrogens is 3. The molecule has 34 heavy (non-hydrogen) atoms. The molecule has 174 valence electrons. The van der Waals surface area contributed by atoms with E-state index in [2.05, 4.69) is 26.3 Å². The van der Waals surface area contributed by atoms with Gasteiger partial charge in [0.1, 0.15) is 17.3 Å². The van der Waals surface area contributed by atoms with Crippen LogP contribution in [0.3, 0.4) is 0 Å². The van der Waals surface area contributed by atoms with Gasteiger partial charge < -0.3 is 20.1 Å². The molecular weight excluding hydrogens is 498 g/mol. The molecule has 2 aromatic heterocycles. The zero-order valence-corrected chi connectivity index (χ0v) is 20.2. The van der Waals surface area contributed by atoms with Crippen molar-refractivity contribution in [2.45, 2.75) is 18.9 Å². The number of rotatable bonds is 5. The highest BCUT2D eigenvalue weighted by molar-refractivity contribution is 9.10. The van der Waals surface area contributed by atoms with Crippen molar-refractivity contribution in [3.63, 3.8) is 0 Å². The number of aromatic hydroxyl groups is 1. The number of nitrogens with one attached hydrogen (secondary N) is 1. The number of benzene rings is 2. The summed E-state index contributed by atoms with van der Waals surface area (Å²) in [4.78, 5) is 19.5. The first-order chi connectivity index (χ1) is 16.5. The lowest BCUT2D eigenvalue weighted by Gasteiger charge is -2.33. The third-order valence-corrected chi connectivity index (χ3v) is 6.64. The SMILES string of the molecule is COc1ccc(C(=O)N2CCC(Nc3cc(-c4ccccc4O)nc4c(Br)cnn34)CC2)cc1. The van der Waals surface area contributed by atoms with Gasteiger partial charge in [0.15, 0.2) is 5.65 Å². The Labute approximate surface area is 205 Å². The van der Waals surface area contributed by atoms with E-state index in [1.165, 1.54) is 0 Å². The Bertz CT molecular complexity index is 1330. The average molecular weight is 522 g/mol. The van der Waals surface area contributed by atoms with Gasteiger partial charge in [-0.1, -0.05) is 12.1 Å². The van der Waals surface area contributed by atoms with Gasteiger partial charge in [-0.15, -0.1) is 0 Å². The van der Waals surface area contributed by atoms with Gasteiger partial charge in [-0.3, -0.25) is 4.79 Å². The summed E-state index contributed by atoms with van der Waals surface area (Å²) in [6.07, 6.45) is 3.32. The largest absolute Gasteiger partial charge is 0.507 e. The molecular formula is C25H24BrN5O3. The summed E-state index contributed by atoms with van der Waals surface area (Å²) in [6.45, 7) is 1.32. The summed E-state index contributed by atoms with van der Waals surface area (Å²) in [5.41, 5.74) is 2.63. The number of phenolic OH excluding ortho intramolecular Hbond substituents is 1. The maximum absolute atomic E-state index is 12.9. The highest BCUT2D eigenvalue weighted by Crippen LogP contribution is 2.31. The molecule has 1 aliphatic rings. The summed E-state index contributed by atoms with van der Waals surface area (Å²) >= 11 is 3.52. The van der Waals surface area contributed by atoms with E-state index in [9.17, 15) is 9.90 Å². The highest BCUT2D eigenvalue weighted by atomic mass is 79.9. The van der Waals surface area contributed by atoms with Gasteiger partial charge in [0.25, 0.3) is 5.91 Å². The zero-order chi connectivity index (χ0) is 23.7. The van der Waals surface area contributed by atoms with Crippen molar-refractivity contribution in [2.24, 2.45) is 0 Å². The number of hydrogen-bond acceptors (Lipinski definition) is 6. The molecule has 5 rings (SSSR count). The van der Waals surface area contributed by atoms with Gasteiger partial charge in [-0.05, 0) is 65.2 Å². The van der Waals surface area contributed by atoms with Gasteiger partial charge in [-0.25, -0.2) is 4.98 Å². The number of fused-ring (bicyclic) bond motifs is 1. The Morgan fingerprint density at radius 3 is 2.59 bits per heavy atom. The zero-order valence-electron chi connectivity index (χ0n) is 18.6. The first kappa shape index (κ1) is 22.2. The van der Waals surface area contributed by atoms with E-state index < -0.39 is 0 Å². The van der Waals surface area contributed by atoms with Crippen LogP contribution in [0, 0.1) is 0 Å². The van der Waals surface area contributed by atoms with Crippen molar-refractivity contribution in [1.29, 1.82) is 0 Å². The summed E-state index contributed by atoms with van der Waals surface area (Å²) < 4.78 is 7.70. The summed E-state index contributed by atoms with van der Waals surface area (Å²) in [5.74, 6) is 1.72. The van der Waals surface area contributed by atoms with Crippen LogP contribution in [0.1, 0.15) is 23.2 Å². The lowest BCUT2D eigenvalue weighted by Crippen LogP contribution is -2.42. The number of amides is 1. The van der Waals surface area contributed by atoms with E-state index in [0.717, 1.165) is 28.9 Å². The first-order valence-electron chi connectivity index (χ1n) is 11.1. The number of halogens is 1. The molecule has 0 unspecified atom stereocenters. The molecule has 8 nitrogen and oxygen atoms in total. The molecule has 0 atom stereocenters. The molecule has 2 N–H and O–H groups in total. The Morgan fingerprint density at radius 2 is 1.88 bits per heavy atom. The van der Waals surface area contributed by atoms with Gasteiger partial charge in [-0.2, -0.15) is 9.61 Å². The second-order valence-corrected chi connectivity index (χ2v) is 9.07. The molecule has 0 saturated carbocycles. The maximum Gasteiger partial charge on any atom is 0.253 e. The van der Waals surface area contributed by atoms with Gasteiger partial charge in [0.2, 0.25) is 0 Å². The lowest BCUT2D eigenvalue weighted by atomic mass is 10.0. The predicted molar refractivity (Wildman–Crippen MR) is 133 cm³/mol. The Morgan fingerprint density at radius 1 is 1.15 bits per heavy atom. The van der Waals surface area contributed by atoms with Gasteiger partial charge in [0.05, 0.1) is 23.5 Å². The fourth-order valence-corrected chi connectivity index (χ4v) is 4.57. The fraction of sp³-hybridized carbons (Fsp3) is 0.240. The third-order valence-electron chi connectivity index (χ3n) is 6.08. The van der Waals surface area contributed by atoms with E-state index in [1.54, 1.807) is 54.2 Å². The Hall–Kier alpha value is -3.59. The van der Waals surface area contributed by atoms with E-state index in [-0.39, 0.29) is 17.7 Å². The molecule has 3 heterocycles. The minimum atomic E-state index is 0.0326. The van der Waals surface area contributed by atoms with Crippen LogP contribution in [0.5, 0.6) is 11.5 Å². The molecule has 1 saturated heterocycles.